The molecule has 0 aliphatic carbocycles. The molecule has 3 nitrogen and oxygen atoms in total. The zero-order valence-electron chi connectivity index (χ0n) is 18.1. The fraction of sp³-hybridized carbons (Fsp3) is 0.143. The molecule has 0 fully saturated rings. The third-order valence-corrected chi connectivity index (χ3v) is 5.91. The van der Waals surface area contributed by atoms with E-state index in [0.717, 1.165) is 33.6 Å². The van der Waals surface area contributed by atoms with Gasteiger partial charge in [-0.1, -0.05) is 80.6 Å². The Morgan fingerprint density at radius 1 is 0.774 bits per heavy atom. The van der Waals surface area contributed by atoms with Gasteiger partial charge in [0, 0.05) is 22.8 Å². The van der Waals surface area contributed by atoms with Gasteiger partial charge in [0.2, 0.25) is 0 Å². The molecule has 0 amide bonds. The number of aryl methyl sites for hydroxylation is 1. The lowest BCUT2D eigenvalue weighted by molar-refractivity contribution is 0.868. The van der Waals surface area contributed by atoms with E-state index in [-0.39, 0.29) is 0 Å². The highest BCUT2D eigenvalue weighted by molar-refractivity contribution is 5.99. The highest BCUT2D eigenvalue weighted by atomic mass is 15.1. The molecule has 0 bridgehead atoms. The second kappa shape index (κ2) is 7.84. The van der Waals surface area contributed by atoms with Crippen molar-refractivity contribution in [2.75, 3.05) is 0 Å². The molecular weight excluding hydrogens is 378 g/mol. The number of nitrogens with one attached hydrogen (secondary N) is 1. The molecule has 3 heteroatoms. The topological polar surface area (TPSA) is 41.6 Å². The summed E-state index contributed by atoms with van der Waals surface area (Å²) in [7, 11) is 0. The van der Waals surface area contributed by atoms with E-state index in [0.29, 0.717) is 5.92 Å². The normalized spacial score (nSPS) is 11.4. The molecule has 31 heavy (non-hydrogen) atoms. The third-order valence-electron chi connectivity index (χ3n) is 5.91. The van der Waals surface area contributed by atoms with Gasteiger partial charge in [-0.25, -0.2) is 0 Å². The van der Waals surface area contributed by atoms with Crippen LogP contribution in [0.2, 0.25) is 0 Å². The van der Waals surface area contributed by atoms with Crippen LogP contribution in [0, 0.1) is 6.92 Å². The van der Waals surface area contributed by atoms with Crippen molar-refractivity contribution >= 4 is 10.8 Å². The molecule has 0 saturated carbocycles. The Hall–Kier alpha value is -3.72. The average molecular weight is 404 g/mol. The predicted octanol–water partition coefficient (Wildman–Crippen LogP) is 7.39. The molecule has 0 aliphatic heterocycles. The Morgan fingerprint density at radius 3 is 2.29 bits per heavy atom. The van der Waals surface area contributed by atoms with Gasteiger partial charge < -0.3 is 0 Å². The highest BCUT2D eigenvalue weighted by Crippen LogP contribution is 2.40. The summed E-state index contributed by atoms with van der Waals surface area (Å²) >= 11 is 0. The van der Waals surface area contributed by atoms with Crippen LogP contribution in [0.5, 0.6) is 0 Å². The van der Waals surface area contributed by atoms with Crippen LogP contribution in [0.3, 0.4) is 0 Å². The third kappa shape index (κ3) is 3.42. The Balaban J connectivity index is 1.77. The number of fused-ring (bicyclic) bond motifs is 1. The smallest absolute Gasteiger partial charge is 0.119 e. The lowest BCUT2D eigenvalue weighted by Gasteiger charge is -2.13. The minimum absolute atomic E-state index is 0.455. The lowest BCUT2D eigenvalue weighted by Crippen LogP contribution is -1.93. The van der Waals surface area contributed by atoms with Crippen molar-refractivity contribution in [2.45, 2.75) is 26.7 Å². The monoisotopic (exact) mass is 403 g/mol. The van der Waals surface area contributed by atoms with E-state index in [1.165, 1.54) is 22.1 Å². The maximum Gasteiger partial charge on any atom is 0.119 e. The van der Waals surface area contributed by atoms with Crippen LogP contribution in [0.4, 0.5) is 0 Å². The SMILES string of the molecule is Cc1[nH]nc(-c2nccc3ccc(C(C)C)cc23)c1-c1ccccc1-c1ccccc1. The van der Waals surface area contributed by atoms with Crippen LogP contribution in [0.15, 0.2) is 85.1 Å². The molecule has 3 aromatic carbocycles. The quantitative estimate of drug-likeness (QED) is 0.340. The summed E-state index contributed by atoms with van der Waals surface area (Å²) in [4.78, 5) is 4.80. The van der Waals surface area contributed by atoms with Gasteiger partial charge in [-0.2, -0.15) is 5.10 Å². The van der Waals surface area contributed by atoms with Gasteiger partial charge in [-0.15, -0.1) is 0 Å². The molecule has 2 heterocycles. The number of nitrogens with zero attached hydrogens (tertiary/aromatic N) is 2. The number of H-pyrrole nitrogens is 1. The van der Waals surface area contributed by atoms with E-state index in [2.05, 4.69) is 98.7 Å². The zero-order chi connectivity index (χ0) is 21.4. The molecule has 0 saturated heterocycles. The fourth-order valence-electron chi connectivity index (χ4n) is 4.23. The van der Waals surface area contributed by atoms with E-state index >= 15 is 0 Å². The molecule has 0 radical (unpaired) electrons. The van der Waals surface area contributed by atoms with Crippen molar-refractivity contribution in [1.82, 2.24) is 15.2 Å². The Bertz CT molecular complexity index is 1360. The van der Waals surface area contributed by atoms with Crippen LogP contribution in [0.1, 0.15) is 31.0 Å². The Labute approximate surface area is 182 Å². The summed E-state index contributed by atoms with van der Waals surface area (Å²) in [5.41, 5.74) is 8.81. The van der Waals surface area contributed by atoms with Gasteiger partial charge in [-0.05, 0) is 52.6 Å². The van der Waals surface area contributed by atoms with Gasteiger partial charge >= 0.3 is 0 Å². The summed E-state index contributed by atoms with van der Waals surface area (Å²) in [6.45, 7) is 6.52. The van der Waals surface area contributed by atoms with Crippen molar-refractivity contribution in [2.24, 2.45) is 0 Å². The van der Waals surface area contributed by atoms with Crippen LogP contribution in [-0.2, 0) is 0 Å². The molecule has 0 aliphatic rings. The summed E-state index contributed by atoms with van der Waals surface area (Å²) in [6.07, 6.45) is 1.88. The van der Waals surface area contributed by atoms with E-state index in [1.54, 1.807) is 0 Å². The van der Waals surface area contributed by atoms with Gasteiger partial charge in [0.15, 0.2) is 0 Å². The number of benzene rings is 3. The average Bonchev–Trinajstić information content (AvgIpc) is 3.19. The predicted molar refractivity (Wildman–Crippen MR) is 129 cm³/mol. The molecule has 152 valence electrons. The molecule has 5 aromatic rings. The summed E-state index contributed by atoms with van der Waals surface area (Å²) in [5, 5.41) is 10.3. The van der Waals surface area contributed by atoms with E-state index in [1.807, 2.05) is 12.3 Å². The van der Waals surface area contributed by atoms with Crippen molar-refractivity contribution in [3.05, 3.63) is 96.3 Å². The minimum atomic E-state index is 0.455. The molecular formula is C28H25N3. The highest BCUT2D eigenvalue weighted by Gasteiger charge is 2.20. The number of hydrogen-bond donors (Lipinski definition) is 1. The molecule has 0 unspecified atom stereocenters. The fourth-order valence-corrected chi connectivity index (χ4v) is 4.23. The summed E-state index contributed by atoms with van der Waals surface area (Å²) < 4.78 is 0. The van der Waals surface area contributed by atoms with Gasteiger partial charge in [0.1, 0.15) is 5.69 Å². The number of pyridine rings is 1. The molecule has 2 aromatic heterocycles. The zero-order valence-corrected chi connectivity index (χ0v) is 18.1. The summed E-state index contributed by atoms with van der Waals surface area (Å²) in [6, 6.07) is 27.8. The molecule has 5 rings (SSSR count). The van der Waals surface area contributed by atoms with E-state index in [9.17, 15) is 0 Å². The van der Waals surface area contributed by atoms with E-state index < -0.39 is 0 Å². The lowest BCUT2D eigenvalue weighted by atomic mass is 9.91. The first kappa shape index (κ1) is 19.3. The maximum atomic E-state index is 4.80. The second-order valence-electron chi connectivity index (χ2n) is 8.28. The first-order valence-electron chi connectivity index (χ1n) is 10.7. The van der Waals surface area contributed by atoms with Crippen LogP contribution in [0.25, 0.3) is 44.4 Å². The molecule has 0 spiro atoms. The van der Waals surface area contributed by atoms with Crippen LogP contribution < -0.4 is 0 Å². The number of rotatable bonds is 4. The van der Waals surface area contributed by atoms with Gasteiger partial charge in [-0.3, -0.25) is 10.1 Å². The maximum absolute atomic E-state index is 4.80. The molecule has 0 atom stereocenters. The van der Waals surface area contributed by atoms with Gasteiger partial charge in [0.05, 0.1) is 5.69 Å². The summed E-state index contributed by atoms with van der Waals surface area (Å²) in [5.74, 6) is 0.455. The van der Waals surface area contributed by atoms with Crippen molar-refractivity contribution < 1.29 is 0 Å². The van der Waals surface area contributed by atoms with E-state index in [4.69, 9.17) is 10.1 Å². The van der Waals surface area contributed by atoms with Crippen molar-refractivity contribution in [3.8, 4) is 33.6 Å². The standard InChI is InChI=1S/C28H25N3/c1-18(2)22-14-13-21-15-16-29-27(25(21)17-22)28-26(19(3)30-31-28)24-12-8-7-11-23(24)20-9-5-4-6-10-20/h4-18H,1-3H3,(H,30,31). The Morgan fingerprint density at radius 2 is 1.52 bits per heavy atom. The minimum Gasteiger partial charge on any atom is -0.282 e. The van der Waals surface area contributed by atoms with Crippen LogP contribution >= 0.6 is 0 Å². The van der Waals surface area contributed by atoms with Crippen molar-refractivity contribution in [1.29, 1.82) is 0 Å². The van der Waals surface area contributed by atoms with Crippen molar-refractivity contribution in [3.63, 3.8) is 0 Å². The second-order valence-corrected chi connectivity index (χ2v) is 8.28. The number of hydrogen-bond acceptors (Lipinski definition) is 2. The number of aromatic nitrogens is 3. The largest absolute Gasteiger partial charge is 0.282 e. The van der Waals surface area contributed by atoms with Crippen LogP contribution in [-0.4, -0.2) is 15.2 Å². The Kier molecular flexibility index (Phi) is 4.87. The van der Waals surface area contributed by atoms with Gasteiger partial charge in [0.25, 0.3) is 0 Å². The first-order chi connectivity index (χ1) is 15.1. The number of aromatic amines is 1. The first-order valence-corrected chi connectivity index (χ1v) is 10.7. The molecule has 1 N–H and O–H groups in total.